The summed E-state index contributed by atoms with van der Waals surface area (Å²) in [6.45, 7) is 1.72. The first-order chi connectivity index (χ1) is 7.70. The number of aromatic nitrogens is 3. The molecule has 0 aromatic carbocycles. The number of ether oxygens (including phenoxy) is 1. The monoisotopic (exact) mass is 220 g/mol. The molecule has 2 rings (SSSR count). The van der Waals surface area contributed by atoms with E-state index in [2.05, 4.69) is 15.1 Å². The zero-order valence-electron chi connectivity index (χ0n) is 9.04. The van der Waals surface area contributed by atoms with Crippen molar-refractivity contribution in [3.8, 4) is 5.88 Å². The fourth-order valence-electron chi connectivity index (χ4n) is 1.29. The Balaban J connectivity index is 2.23. The summed E-state index contributed by atoms with van der Waals surface area (Å²) in [5, 5.41) is 3.76. The highest BCUT2D eigenvalue weighted by Gasteiger charge is 2.15. The van der Waals surface area contributed by atoms with E-state index in [1.54, 1.807) is 26.3 Å². The van der Waals surface area contributed by atoms with Gasteiger partial charge in [0.15, 0.2) is 5.82 Å². The van der Waals surface area contributed by atoms with Crippen LogP contribution in [0.4, 0.5) is 0 Å². The highest BCUT2D eigenvalue weighted by atomic mass is 16.5. The predicted octanol–water partition coefficient (Wildman–Crippen LogP) is 0.830. The summed E-state index contributed by atoms with van der Waals surface area (Å²) in [4.78, 5) is 8.13. The lowest BCUT2D eigenvalue weighted by atomic mass is 10.1. The molecule has 0 spiro atoms. The van der Waals surface area contributed by atoms with Gasteiger partial charge in [-0.2, -0.15) is 4.98 Å². The SMILES string of the molecule is COc1ccc(C(N)c2noc(C)n2)cn1. The average Bonchev–Trinajstić information content (AvgIpc) is 2.75. The zero-order valence-corrected chi connectivity index (χ0v) is 9.04. The van der Waals surface area contributed by atoms with E-state index in [0.717, 1.165) is 5.56 Å². The number of nitrogens with zero attached hydrogens (tertiary/aromatic N) is 3. The summed E-state index contributed by atoms with van der Waals surface area (Å²) in [5.41, 5.74) is 6.76. The summed E-state index contributed by atoms with van der Waals surface area (Å²) in [6.07, 6.45) is 1.63. The van der Waals surface area contributed by atoms with Crippen LogP contribution < -0.4 is 10.5 Å². The first kappa shape index (κ1) is 10.6. The van der Waals surface area contributed by atoms with Crippen LogP contribution in [0.1, 0.15) is 23.3 Å². The van der Waals surface area contributed by atoms with Crippen molar-refractivity contribution >= 4 is 0 Å². The van der Waals surface area contributed by atoms with Crippen molar-refractivity contribution in [2.45, 2.75) is 13.0 Å². The van der Waals surface area contributed by atoms with Crippen LogP contribution in [0.25, 0.3) is 0 Å². The van der Waals surface area contributed by atoms with E-state index in [0.29, 0.717) is 17.6 Å². The third-order valence-corrected chi connectivity index (χ3v) is 2.15. The third-order valence-electron chi connectivity index (χ3n) is 2.15. The van der Waals surface area contributed by atoms with Crippen LogP contribution in [-0.2, 0) is 0 Å². The quantitative estimate of drug-likeness (QED) is 0.824. The maximum atomic E-state index is 5.96. The van der Waals surface area contributed by atoms with Crippen molar-refractivity contribution < 1.29 is 9.26 Å². The Bertz CT molecular complexity index is 466. The summed E-state index contributed by atoms with van der Waals surface area (Å²) in [7, 11) is 1.56. The minimum atomic E-state index is -0.434. The van der Waals surface area contributed by atoms with Gasteiger partial charge in [0.2, 0.25) is 11.8 Å². The van der Waals surface area contributed by atoms with Crippen LogP contribution in [-0.4, -0.2) is 22.2 Å². The van der Waals surface area contributed by atoms with Crippen LogP contribution in [0, 0.1) is 6.92 Å². The van der Waals surface area contributed by atoms with Crippen molar-refractivity contribution in [1.29, 1.82) is 0 Å². The molecule has 0 aliphatic heterocycles. The maximum absolute atomic E-state index is 5.96. The standard InChI is InChI=1S/C10H12N4O2/c1-6-13-10(14-16-6)9(11)7-3-4-8(15-2)12-5-7/h3-5,9H,11H2,1-2H3. The highest BCUT2D eigenvalue weighted by Crippen LogP contribution is 2.17. The summed E-state index contributed by atoms with van der Waals surface area (Å²) < 4.78 is 9.82. The molecule has 2 N–H and O–H groups in total. The molecular formula is C10H12N4O2. The number of nitrogens with two attached hydrogens (primary N) is 1. The van der Waals surface area contributed by atoms with Crippen LogP contribution in [0.15, 0.2) is 22.9 Å². The van der Waals surface area contributed by atoms with Gasteiger partial charge in [-0.1, -0.05) is 11.2 Å². The van der Waals surface area contributed by atoms with Gasteiger partial charge >= 0.3 is 0 Å². The van der Waals surface area contributed by atoms with Crippen molar-refractivity contribution in [2.75, 3.05) is 7.11 Å². The molecule has 6 heteroatoms. The Morgan fingerprint density at radius 2 is 2.25 bits per heavy atom. The second kappa shape index (κ2) is 4.28. The molecule has 0 fully saturated rings. The number of aryl methyl sites for hydroxylation is 1. The molecule has 16 heavy (non-hydrogen) atoms. The number of rotatable bonds is 3. The Morgan fingerprint density at radius 1 is 1.44 bits per heavy atom. The Morgan fingerprint density at radius 3 is 2.75 bits per heavy atom. The minimum absolute atomic E-state index is 0.434. The zero-order chi connectivity index (χ0) is 11.5. The van der Waals surface area contributed by atoms with E-state index in [1.807, 2.05) is 6.07 Å². The van der Waals surface area contributed by atoms with Gasteiger partial charge in [-0.3, -0.25) is 0 Å². The lowest BCUT2D eigenvalue weighted by Gasteiger charge is -2.07. The van der Waals surface area contributed by atoms with E-state index in [4.69, 9.17) is 15.0 Å². The van der Waals surface area contributed by atoms with Crippen LogP contribution in [0.2, 0.25) is 0 Å². The highest BCUT2D eigenvalue weighted by molar-refractivity contribution is 5.24. The van der Waals surface area contributed by atoms with Gasteiger partial charge in [0.05, 0.1) is 13.2 Å². The van der Waals surface area contributed by atoms with Gasteiger partial charge in [-0.05, 0) is 5.56 Å². The molecule has 6 nitrogen and oxygen atoms in total. The maximum Gasteiger partial charge on any atom is 0.223 e. The van der Waals surface area contributed by atoms with Gasteiger partial charge in [0.1, 0.15) is 0 Å². The molecule has 2 aromatic rings. The van der Waals surface area contributed by atoms with Gasteiger partial charge in [0.25, 0.3) is 0 Å². The first-order valence-electron chi connectivity index (χ1n) is 4.76. The lowest BCUT2D eigenvalue weighted by Crippen LogP contribution is -2.13. The molecule has 84 valence electrons. The molecule has 0 saturated carbocycles. The fraction of sp³-hybridized carbons (Fsp3) is 0.300. The second-order valence-corrected chi connectivity index (χ2v) is 3.28. The van der Waals surface area contributed by atoms with Crippen molar-refractivity contribution in [1.82, 2.24) is 15.1 Å². The Labute approximate surface area is 92.4 Å². The molecule has 0 bridgehead atoms. The van der Waals surface area contributed by atoms with E-state index in [9.17, 15) is 0 Å². The molecule has 1 unspecified atom stereocenters. The van der Waals surface area contributed by atoms with Crippen LogP contribution >= 0.6 is 0 Å². The number of hydrogen-bond donors (Lipinski definition) is 1. The lowest BCUT2D eigenvalue weighted by molar-refractivity contribution is 0.385. The Kier molecular flexibility index (Phi) is 2.82. The number of methoxy groups -OCH3 is 1. The van der Waals surface area contributed by atoms with Gasteiger partial charge in [0, 0.05) is 19.2 Å². The Hall–Kier alpha value is -1.95. The predicted molar refractivity (Wildman–Crippen MR) is 55.9 cm³/mol. The van der Waals surface area contributed by atoms with E-state index in [-0.39, 0.29) is 0 Å². The molecule has 0 radical (unpaired) electrons. The molecule has 1 atom stereocenters. The molecule has 0 aliphatic rings. The summed E-state index contributed by atoms with van der Waals surface area (Å²) >= 11 is 0. The molecule has 0 saturated heterocycles. The van der Waals surface area contributed by atoms with Crippen molar-refractivity contribution in [2.24, 2.45) is 5.73 Å². The van der Waals surface area contributed by atoms with Crippen molar-refractivity contribution in [3.05, 3.63) is 35.6 Å². The van der Waals surface area contributed by atoms with Crippen LogP contribution in [0.3, 0.4) is 0 Å². The molecule has 2 heterocycles. The van der Waals surface area contributed by atoms with E-state index >= 15 is 0 Å². The third kappa shape index (κ3) is 2.01. The summed E-state index contributed by atoms with van der Waals surface area (Å²) in [6, 6.07) is 3.13. The topological polar surface area (TPSA) is 87.1 Å². The first-order valence-corrected chi connectivity index (χ1v) is 4.76. The molecule has 0 amide bonds. The van der Waals surface area contributed by atoms with E-state index in [1.165, 1.54) is 0 Å². The largest absolute Gasteiger partial charge is 0.481 e. The van der Waals surface area contributed by atoms with Gasteiger partial charge in [-0.25, -0.2) is 4.98 Å². The average molecular weight is 220 g/mol. The normalized spacial score (nSPS) is 12.4. The van der Waals surface area contributed by atoms with Crippen LogP contribution in [0.5, 0.6) is 5.88 Å². The van der Waals surface area contributed by atoms with E-state index < -0.39 is 6.04 Å². The van der Waals surface area contributed by atoms with Gasteiger partial charge in [-0.15, -0.1) is 0 Å². The summed E-state index contributed by atoms with van der Waals surface area (Å²) in [5.74, 6) is 1.48. The molecule has 2 aromatic heterocycles. The molecule has 0 aliphatic carbocycles. The fourth-order valence-corrected chi connectivity index (χ4v) is 1.29. The second-order valence-electron chi connectivity index (χ2n) is 3.28. The minimum Gasteiger partial charge on any atom is -0.481 e. The van der Waals surface area contributed by atoms with Crippen molar-refractivity contribution in [3.63, 3.8) is 0 Å². The van der Waals surface area contributed by atoms with Gasteiger partial charge < -0.3 is 15.0 Å². The number of hydrogen-bond acceptors (Lipinski definition) is 6. The number of pyridine rings is 1. The smallest absolute Gasteiger partial charge is 0.223 e. The molecular weight excluding hydrogens is 208 g/mol.